The van der Waals surface area contributed by atoms with Crippen molar-refractivity contribution in [1.82, 2.24) is 19.4 Å². The molecule has 38 heavy (non-hydrogen) atoms. The molecule has 0 atom stereocenters. The molecule has 0 saturated carbocycles. The topological polar surface area (TPSA) is 84.0 Å². The first-order chi connectivity index (χ1) is 18.1. The van der Waals surface area contributed by atoms with Crippen LogP contribution < -0.4 is 10.3 Å². The van der Waals surface area contributed by atoms with E-state index in [1.807, 2.05) is 48.7 Å². The van der Waals surface area contributed by atoms with Crippen LogP contribution in [0.15, 0.2) is 84.0 Å². The van der Waals surface area contributed by atoms with Crippen molar-refractivity contribution in [2.75, 3.05) is 26.7 Å². The highest BCUT2D eigenvalue weighted by Crippen LogP contribution is 2.22. The zero-order chi connectivity index (χ0) is 25.6. The molecule has 4 aromatic rings. The zero-order valence-corrected chi connectivity index (χ0v) is 22.1. The Kier molecular flexibility index (Phi) is 8.90. The highest BCUT2D eigenvalue weighted by molar-refractivity contribution is 5.85. The average Bonchev–Trinajstić information content (AvgIpc) is 2.94. The number of piperidine rings is 1. The summed E-state index contributed by atoms with van der Waals surface area (Å²) < 4.78 is 7.63. The Bertz CT molecular complexity index is 1470. The first kappa shape index (κ1) is 27.1. The summed E-state index contributed by atoms with van der Waals surface area (Å²) in [5.74, 6) is 1.87. The number of likely N-dealkylation sites (tertiary alicyclic amines) is 1. The van der Waals surface area contributed by atoms with Crippen molar-refractivity contribution < 1.29 is 4.74 Å². The van der Waals surface area contributed by atoms with Gasteiger partial charge in [-0.2, -0.15) is 5.26 Å². The van der Waals surface area contributed by atoms with Gasteiger partial charge in [-0.25, -0.2) is 9.97 Å². The van der Waals surface area contributed by atoms with Crippen LogP contribution in [0.25, 0.3) is 22.5 Å². The summed E-state index contributed by atoms with van der Waals surface area (Å²) in [5, 5.41) is 9.20. The Morgan fingerprint density at radius 2 is 1.71 bits per heavy atom. The van der Waals surface area contributed by atoms with E-state index in [1.165, 1.54) is 0 Å². The fraction of sp³-hybridized carbons (Fsp3) is 0.267. The van der Waals surface area contributed by atoms with E-state index in [4.69, 9.17) is 4.74 Å². The second-order valence-electron chi connectivity index (χ2n) is 9.58. The molecule has 1 aliphatic rings. The molecule has 0 N–H and O–H groups in total. The highest BCUT2D eigenvalue weighted by Gasteiger charge is 2.17. The molecular formula is C30H30ClN5O2. The number of halogens is 1. The van der Waals surface area contributed by atoms with Gasteiger partial charge in [-0.15, -0.1) is 12.4 Å². The van der Waals surface area contributed by atoms with E-state index < -0.39 is 0 Å². The van der Waals surface area contributed by atoms with Crippen molar-refractivity contribution in [3.8, 4) is 34.3 Å². The Morgan fingerprint density at radius 3 is 2.47 bits per heavy atom. The molecular weight excluding hydrogens is 498 g/mol. The third kappa shape index (κ3) is 6.65. The number of hydrogen-bond acceptors (Lipinski definition) is 6. The van der Waals surface area contributed by atoms with E-state index in [2.05, 4.69) is 28.0 Å². The summed E-state index contributed by atoms with van der Waals surface area (Å²) in [6, 6.07) is 20.8. The predicted octanol–water partition coefficient (Wildman–Crippen LogP) is 5.03. The Balaban J connectivity index is 0.00000336. The normalized spacial score (nSPS) is 13.9. The monoisotopic (exact) mass is 527 g/mol. The van der Waals surface area contributed by atoms with Gasteiger partial charge in [0.25, 0.3) is 5.56 Å². The lowest BCUT2D eigenvalue weighted by Crippen LogP contribution is -2.32. The number of nitriles is 1. The molecule has 2 aromatic carbocycles. The highest BCUT2D eigenvalue weighted by atomic mass is 35.5. The number of hydrogen-bond donors (Lipinski definition) is 0. The minimum absolute atomic E-state index is 0. The van der Waals surface area contributed by atoms with E-state index in [1.54, 1.807) is 35.2 Å². The van der Waals surface area contributed by atoms with Crippen LogP contribution in [-0.4, -0.2) is 46.2 Å². The van der Waals surface area contributed by atoms with Gasteiger partial charge in [0.05, 0.1) is 37.2 Å². The molecule has 0 aliphatic carbocycles. The van der Waals surface area contributed by atoms with Gasteiger partial charge in [-0.1, -0.05) is 30.3 Å². The van der Waals surface area contributed by atoms with Gasteiger partial charge >= 0.3 is 0 Å². The van der Waals surface area contributed by atoms with Crippen LogP contribution in [-0.2, 0) is 6.54 Å². The second kappa shape index (κ2) is 12.5. The van der Waals surface area contributed by atoms with Crippen LogP contribution in [0.1, 0.15) is 24.0 Å². The van der Waals surface area contributed by atoms with Gasteiger partial charge in [-0.3, -0.25) is 4.79 Å². The molecule has 7 nitrogen and oxygen atoms in total. The Labute approximate surface area is 228 Å². The standard InChI is InChI=1S/C30H29N5O2.ClH/c1-34-12-10-22(11-13-34)21-37-28-17-32-30(33-18-28)26-7-3-5-24(15-26)19-35-20-27(8-9-29(35)36)25-6-2-4-23(14-25)16-31;/h2-9,14-15,17-18,20,22H,10-13,19,21H2,1H3;1H. The SMILES string of the molecule is CN1CCC(COc2cnc(-c3cccc(Cn4cc(-c5cccc(C#N)c5)ccc4=O)c3)nc2)CC1.Cl. The third-order valence-corrected chi connectivity index (χ3v) is 6.80. The molecule has 1 fully saturated rings. The van der Waals surface area contributed by atoms with Crippen LogP contribution in [0.3, 0.4) is 0 Å². The maximum Gasteiger partial charge on any atom is 0.250 e. The fourth-order valence-electron chi connectivity index (χ4n) is 4.58. The zero-order valence-electron chi connectivity index (χ0n) is 21.3. The van der Waals surface area contributed by atoms with Crippen molar-refractivity contribution in [3.05, 3.63) is 101 Å². The van der Waals surface area contributed by atoms with Crippen molar-refractivity contribution in [2.45, 2.75) is 19.4 Å². The number of pyridine rings is 1. The molecule has 0 bridgehead atoms. The molecule has 5 rings (SSSR count). The molecule has 0 amide bonds. The molecule has 0 unspecified atom stereocenters. The van der Waals surface area contributed by atoms with E-state index in [-0.39, 0.29) is 18.0 Å². The third-order valence-electron chi connectivity index (χ3n) is 6.80. The lowest BCUT2D eigenvalue weighted by atomic mass is 9.98. The van der Waals surface area contributed by atoms with E-state index in [9.17, 15) is 10.1 Å². The summed E-state index contributed by atoms with van der Waals surface area (Å²) in [5.41, 5.74) is 4.12. The summed E-state index contributed by atoms with van der Waals surface area (Å²) in [4.78, 5) is 24.0. The smallest absolute Gasteiger partial charge is 0.250 e. The van der Waals surface area contributed by atoms with Crippen LogP contribution in [0, 0.1) is 17.2 Å². The fourth-order valence-corrected chi connectivity index (χ4v) is 4.58. The van der Waals surface area contributed by atoms with Crippen molar-refractivity contribution in [2.24, 2.45) is 5.92 Å². The Hall–Kier alpha value is -3.99. The molecule has 0 radical (unpaired) electrons. The van der Waals surface area contributed by atoms with E-state index in [0.717, 1.165) is 48.2 Å². The first-order valence-electron chi connectivity index (χ1n) is 12.5. The lowest BCUT2D eigenvalue weighted by molar-refractivity contribution is 0.159. The van der Waals surface area contributed by atoms with Crippen LogP contribution in [0.2, 0.25) is 0 Å². The average molecular weight is 528 g/mol. The summed E-state index contributed by atoms with van der Waals surface area (Å²) >= 11 is 0. The molecule has 2 aromatic heterocycles. The largest absolute Gasteiger partial charge is 0.490 e. The lowest BCUT2D eigenvalue weighted by Gasteiger charge is -2.28. The van der Waals surface area contributed by atoms with Crippen LogP contribution in [0.5, 0.6) is 5.75 Å². The predicted molar refractivity (Wildman–Crippen MR) is 150 cm³/mol. The van der Waals surface area contributed by atoms with Crippen LogP contribution >= 0.6 is 12.4 Å². The first-order valence-corrected chi connectivity index (χ1v) is 12.5. The molecule has 8 heteroatoms. The maximum absolute atomic E-state index is 12.6. The minimum Gasteiger partial charge on any atom is -0.490 e. The van der Waals surface area contributed by atoms with E-state index in [0.29, 0.717) is 36.2 Å². The summed E-state index contributed by atoms with van der Waals surface area (Å²) in [7, 11) is 2.16. The maximum atomic E-state index is 12.6. The van der Waals surface area contributed by atoms with Gasteiger partial charge in [0, 0.05) is 17.8 Å². The van der Waals surface area contributed by atoms with Crippen LogP contribution in [0.4, 0.5) is 0 Å². The van der Waals surface area contributed by atoms with Gasteiger partial charge in [0.1, 0.15) is 0 Å². The van der Waals surface area contributed by atoms with Gasteiger partial charge in [0.2, 0.25) is 0 Å². The van der Waals surface area contributed by atoms with Gasteiger partial charge < -0.3 is 14.2 Å². The number of aromatic nitrogens is 3. The molecule has 1 aliphatic heterocycles. The molecule has 1 saturated heterocycles. The van der Waals surface area contributed by atoms with Crippen molar-refractivity contribution in [3.63, 3.8) is 0 Å². The minimum atomic E-state index is -0.0899. The number of benzene rings is 2. The number of rotatable bonds is 7. The van der Waals surface area contributed by atoms with Gasteiger partial charge in [-0.05, 0) is 79.9 Å². The molecule has 3 heterocycles. The van der Waals surface area contributed by atoms with E-state index >= 15 is 0 Å². The number of ether oxygens (including phenoxy) is 1. The quantitative estimate of drug-likeness (QED) is 0.335. The molecule has 194 valence electrons. The van der Waals surface area contributed by atoms with Gasteiger partial charge in [0.15, 0.2) is 11.6 Å². The second-order valence-corrected chi connectivity index (χ2v) is 9.58. The van der Waals surface area contributed by atoms with Crippen molar-refractivity contribution >= 4 is 12.4 Å². The number of nitrogens with zero attached hydrogens (tertiary/aromatic N) is 5. The summed E-state index contributed by atoms with van der Waals surface area (Å²) in [6.45, 7) is 3.34. The summed E-state index contributed by atoms with van der Waals surface area (Å²) in [6.07, 6.45) is 7.60. The molecule has 0 spiro atoms. The Morgan fingerprint density at radius 1 is 0.974 bits per heavy atom. The van der Waals surface area contributed by atoms with Crippen molar-refractivity contribution in [1.29, 1.82) is 5.26 Å².